The number of hydrogen-bond acceptors (Lipinski definition) is 1. The van der Waals surface area contributed by atoms with Crippen molar-refractivity contribution in [2.24, 2.45) is 0 Å². The lowest BCUT2D eigenvalue weighted by atomic mass is 10.0. The molecule has 0 spiro atoms. The number of halogens is 2. The zero-order valence-electron chi connectivity index (χ0n) is 19.0. The smallest absolute Gasteiger partial charge is 0.114 e. The van der Waals surface area contributed by atoms with Crippen molar-refractivity contribution < 1.29 is 16.9 Å². The SMILES string of the molecule is C=CC[N+](C)(C)C(CC)c1ccccc1.CCC(c1ccccc1)N(C)C.Cl.[Cl-]. The maximum absolute atomic E-state index is 3.84. The molecule has 164 valence electrons. The molecule has 2 aromatic rings. The van der Waals surface area contributed by atoms with Crippen molar-refractivity contribution in [3.63, 3.8) is 0 Å². The van der Waals surface area contributed by atoms with E-state index in [-0.39, 0.29) is 24.8 Å². The van der Waals surface area contributed by atoms with E-state index in [0.717, 1.165) is 23.9 Å². The van der Waals surface area contributed by atoms with Gasteiger partial charge in [-0.2, -0.15) is 0 Å². The Labute approximate surface area is 192 Å². The zero-order valence-corrected chi connectivity index (χ0v) is 20.6. The van der Waals surface area contributed by atoms with Crippen LogP contribution in [-0.2, 0) is 0 Å². The molecule has 0 saturated heterocycles. The molecule has 2 aromatic carbocycles. The summed E-state index contributed by atoms with van der Waals surface area (Å²) in [4.78, 5) is 2.26. The molecule has 0 N–H and O–H groups in total. The van der Waals surface area contributed by atoms with Crippen LogP contribution < -0.4 is 12.4 Å². The van der Waals surface area contributed by atoms with Gasteiger partial charge in [0.2, 0.25) is 0 Å². The van der Waals surface area contributed by atoms with Crippen molar-refractivity contribution in [3.05, 3.63) is 84.4 Å². The van der Waals surface area contributed by atoms with Gasteiger partial charge in [-0.15, -0.1) is 12.4 Å². The lowest BCUT2D eigenvalue weighted by Gasteiger charge is -2.37. The number of hydrogen-bond donors (Lipinski definition) is 0. The Morgan fingerprint density at radius 3 is 1.66 bits per heavy atom. The maximum atomic E-state index is 3.84. The van der Waals surface area contributed by atoms with Gasteiger partial charge in [-0.25, -0.2) is 0 Å². The van der Waals surface area contributed by atoms with Crippen molar-refractivity contribution >= 4 is 12.4 Å². The van der Waals surface area contributed by atoms with Gasteiger partial charge in [0.05, 0.1) is 20.6 Å². The first kappa shape index (κ1) is 29.9. The fourth-order valence-corrected chi connectivity index (χ4v) is 3.84. The predicted molar refractivity (Wildman–Crippen MR) is 127 cm³/mol. The van der Waals surface area contributed by atoms with E-state index in [1.807, 2.05) is 6.08 Å². The lowest BCUT2D eigenvalue weighted by molar-refractivity contribution is -0.915. The highest BCUT2D eigenvalue weighted by atomic mass is 35.5. The summed E-state index contributed by atoms with van der Waals surface area (Å²) in [7, 11) is 8.79. The number of nitrogens with zero attached hydrogens (tertiary/aromatic N) is 2. The fourth-order valence-electron chi connectivity index (χ4n) is 3.84. The Hall–Kier alpha value is -1.32. The Bertz CT molecular complexity index is 642. The Morgan fingerprint density at radius 1 is 0.862 bits per heavy atom. The summed E-state index contributed by atoms with van der Waals surface area (Å²) < 4.78 is 0.976. The summed E-state index contributed by atoms with van der Waals surface area (Å²) in [5.74, 6) is 0. The molecule has 0 aromatic heterocycles. The second-order valence-corrected chi connectivity index (χ2v) is 7.88. The molecule has 0 saturated carbocycles. The largest absolute Gasteiger partial charge is 1.00 e. The van der Waals surface area contributed by atoms with Crippen LogP contribution in [0.3, 0.4) is 0 Å². The Kier molecular flexibility index (Phi) is 16.0. The molecule has 0 bridgehead atoms. The van der Waals surface area contributed by atoms with Gasteiger partial charge in [-0.3, -0.25) is 0 Å². The van der Waals surface area contributed by atoms with Crippen molar-refractivity contribution in [1.82, 2.24) is 4.90 Å². The van der Waals surface area contributed by atoms with E-state index in [4.69, 9.17) is 0 Å². The Morgan fingerprint density at radius 2 is 1.31 bits per heavy atom. The van der Waals surface area contributed by atoms with Gasteiger partial charge in [-0.1, -0.05) is 81.1 Å². The third-order valence-electron chi connectivity index (χ3n) is 5.21. The van der Waals surface area contributed by atoms with Crippen molar-refractivity contribution in [3.8, 4) is 0 Å². The molecule has 4 heteroatoms. The molecule has 0 aliphatic carbocycles. The summed E-state index contributed by atoms with van der Waals surface area (Å²) >= 11 is 0. The molecule has 0 aliphatic rings. The van der Waals surface area contributed by atoms with Crippen LogP contribution in [0.1, 0.15) is 49.9 Å². The fraction of sp³-hybridized carbons (Fsp3) is 0.440. The average molecular weight is 440 g/mol. The first-order valence-corrected chi connectivity index (χ1v) is 10.1. The van der Waals surface area contributed by atoms with Crippen LogP contribution >= 0.6 is 12.4 Å². The van der Waals surface area contributed by atoms with Gasteiger partial charge in [0, 0.05) is 18.0 Å². The molecule has 29 heavy (non-hydrogen) atoms. The predicted octanol–water partition coefficient (Wildman–Crippen LogP) is 3.53. The highest BCUT2D eigenvalue weighted by Gasteiger charge is 2.26. The van der Waals surface area contributed by atoms with Gasteiger partial charge in [0.25, 0.3) is 0 Å². The summed E-state index contributed by atoms with van der Waals surface area (Å²) in [6.45, 7) is 9.32. The molecule has 0 heterocycles. The lowest BCUT2D eigenvalue weighted by Crippen LogP contribution is -3.00. The number of benzene rings is 2. The van der Waals surface area contributed by atoms with E-state index in [0.29, 0.717) is 12.1 Å². The van der Waals surface area contributed by atoms with Crippen LogP contribution in [0.5, 0.6) is 0 Å². The second kappa shape index (κ2) is 15.5. The van der Waals surface area contributed by atoms with Gasteiger partial charge in [0.15, 0.2) is 0 Å². The number of rotatable bonds is 8. The number of quaternary nitrogens is 1. The third-order valence-corrected chi connectivity index (χ3v) is 5.21. The van der Waals surface area contributed by atoms with E-state index >= 15 is 0 Å². The summed E-state index contributed by atoms with van der Waals surface area (Å²) in [5.41, 5.74) is 2.83. The minimum Gasteiger partial charge on any atom is -1.00 e. The summed E-state index contributed by atoms with van der Waals surface area (Å²) in [6.07, 6.45) is 4.33. The van der Waals surface area contributed by atoms with Gasteiger partial charge >= 0.3 is 0 Å². The van der Waals surface area contributed by atoms with Gasteiger partial charge in [-0.05, 0) is 32.2 Å². The number of likely N-dealkylation sites (N-methyl/N-ethyl adjacent to an activating group) is 1. The van der Waals surface area contributed by atoms with Gasteiger partial charge in [0.1, 0.15) is 6.04 Å². The molecule has 0 aliphatic heterocycles. The highest BCUT2D eigenvalue weighted by molar-refractivity contribution is 5.85. The van der Waals surface area contributed by atoms with Crippen LogP contribution in [0.15, 0.2) is 73.3 Å². The van der Waals surface area contributed by atoms with E-state index in [2.05, 4.69) is 114 Å². The first-order valence-electron chi connectivity index (χ1n) is 10.1. The second-order valence-electron chi connectivity index (χ2n) is 7.88. The minimum atomic E-state index is 0. The van der Waals surface area contributed by atoms with Crippen molar-refractivity contribution in [2.45, 2.75) is 38.8 Å². The molecule has 2 nitrogen and oxygen atoms in total. The molecule has 2 atom stereocenters. The topological polar surface area (TPSA) is 3.24 Å². The summed E-state index contributed by atoms with van der Waals surface area (Å²) in [6, 6.07) is 22.5. The normalized spacial score (nSPS) is 12.5. The zero-order chi connectivity index (χ0) is 20.3. The molecule has 0 amide bonds. The van der Waals surface area contributed by atoms with Gasteiger partial charge < -0.3 is 21.8 Å². The molecular formula is C25H40Cl2N2. The van der Waals surface area contributed by atoms with E-state index in [1.165, 1.54) is 11.1 Å². The van der Waals surface area contributed by atoms with Crippen LogP contribution in [0.25, 0.3) is 0 Å². The highest BCUT2D eigenvalue weighted by Crippen LogP contribution is 2.27. The van der Waals surface area contributed by atoms with Crippen molar-refractivity contribution in [2.75, 3.05) is 34.7 Å². The van der Waals surface area contributed by atoms with Crippen LogP contribution in [0, 0.1) is 0 Å². The van der Waals surface area contributed by atoms with E-state index < -0.39 is 0 Å². The quantitative estimate of drug-likeness (QED) is 0.449. The van der Waals surface area contributed by atoms with E-state index in [9.17, 15) is 0 Å². The van der Waals surface area contributed by atoms with Crippen LogP contribution in [0.4, 0.5) is 0 Å². The standard InChI is InChI=1S/C14H22N.C11H17N.2ClH/c1-5-12-15(3,4)14(6-2)13-10-8-7-9-11-13;1-4-11(12(2)3)10-8-6-5-7-9-10;;/h5,7-11,14H,1,6,12H2,2-4H3;5-9,11H,4H2,1-3H3;2*1H/q+1;;;/p-1. The minimum absolute atomic E-state index is 0. The molecule has 2 unspecified atom stereocenters. The molecule has 0 fully saturated rings. The maximum Gasteiger partial charge on any atom is 0.114 e. The van der Waals surface area contributed by atoms with Crippen LogP contribution in [0.2, 0.25) is 0 Å². The third kappa shape index (κ3) is 9.82. The molecule has 0 radical (unpaired) electrons. The monoisotopic (exact) mass is 438 g/mol. The average Bonchev–Trinajstić information content (AvgIpc) is 2.64. The van der Waals surface area contributed by atoms with Crippen LogP contribution in [-0.4, -0.2) is 44.1 Å². The first-order chi connectivity index (χ1) is 12.9. The Balaban J connectivity index is 0. The molecule has 2 rings (SSSR count). The molecular weight excluding hydrogens is 399 g/mol. The van der Waals surface area contributed by atoms with Crippen molar-refractivity contribution in [1.29, 1.82) is 0 Å². The van der Waals surface area contributed by atoms with E-state index in [1.54, 1.807) is 0 Å². The summed E-state index contributed by atoms with van der Waals surface area (Å²) in [5, 5.41) is 0.